The lowest BCUT2D eigenvalue weighted by molar-refractivity contribution is -0.145. The minimum atomic E-state index is -0.974. The highest BCUT2D eigenvalue weighted by atomic mass is 35.5. The molecule has 2 aromatic rings. The number of hydrogen-bond donors (Lipinski definition) is 2. The Balaban J connectivity index is 2.58. The van der Waals surface area contributed by atoms with Crippen LogP contribution in [0.15, 0.2) is 36.4 Å². The monoisotopic (exact) mass is 529 g/mol. The van der Waals surface area contributed by atoms with Crippen molar-refractivity contribution in [1.29, 1.82) is 0 Å². The molecule has 8 heteroatoms. The number of para-hydroxylation sites is 1. The van der Waals surface area contributed by atoms with E-state index in [0.717, 1.165) is 16.7 Å². The molecular formula is C29H40ClN3O4. The van der Waals surface area contributed by atoms with Gasteiger partial charge in [0.15, 0.2) is 0 Å². The number of carbonyl (C=O) groups is 3. The smallest absolute Gasteiger partial charge is 0.408 e. The molecule has 0 saturated heterocycles. The summed E-state index contributed by atoms with van der Waals surface area (Å²) in [6, 6.07) is 10.1. The SMILES string of the molecule is CCC(C)(C)N(C(=O)CNC(=O)OC(C)(C)C)C(C(=O)Nc1c(C)cccc1Cl)c1cccc(C)c1C. The molecule has 0 radical (unpaired) electrons. The standard InChI is InChI=1S/C29H40ClN3O4/c1-10-29(8,9)33(23(34)17-31-27(36)37-28(5,6)7)25(21-15-11-13-18(2)20(21)4)26(35)32-24-19(3)14-12-16-22(24)30/h11-16,25H,10,17H2,1-9H3,(H,31,36)(H,32,35). The second kappa shape index (κ2) is 12.0. The highest BCUT2D eigenvalue weighted by Crippen LogP contribution is 2.35. The molecular weight excluding hydrogens is 490 g/mol. The van der Waals surface area contributed by atoms with E-state index in [9.17, 15) is 14.4 Å². The molecule has 0 aliphatic heterocycles. The summed E-state index contributed by atoms with van der Waals surface area (Å²) in [6.07, 6.45) is -0.125. The van der Waals surface area contributed by atoms with Crippen molar-refractivity contribution in [2.75, 3.05) is 11.9 Å². The summed E-state index contributed by atoms with van der Waals surface area (Å²) in [6.45, 7) is 16.5. The van der Waals surface area contributed by atoms with Gasteiger partial charge in [0.1, 0.15) is 18.2 Å². The van der Waals surface area contributed by atoms with Gasteiger partial charge in [-0.3, -0.25) is 9.59 Å². The lowest BCUT2D eigenvalue weighted by atomic mass is 9.90. The van der Waals surface area contributed by atoms with E-state index in [4.69, 9.17) is 16.3 Å². The number of benzene rings is 2. The van der Waals surface area contributed by atoms with E-state index < -0.39 is 35.1 Å². The van der Waals surface area contributed by atoms with Crippen LogP contribution in [0.25, 0.3) is 0 Å². The molecule has 0 aliphatic rings. The largest absolute Gasteiger partial charge is 0.444 e. The number of halogens is 1. The molecule has 3 amide bonds. The lowest BCUT2D eigenvalue weighted by Gasteiger charge is -2.43. The Hall–Kier alpha value is -3.06. The quantitative estimate of drug-likeness (QED) is 0.409. The summed E-state index contributed by atoms with van der Waals surface area (Å²) in [7, 11) is 0. The predicted octanol–water partition coefficient (Wildman–Crippen LogP) is 6.49. The molecule has 0 aromatic heterocycles. The molecule has 0 bridgehead atoms. The summed E-state index contributed by atoms with van der Waals surface area (Å²) in [5.74, 6) is -0.799. The van der Waals surface area contributed by atoms with Gasteiger partial charge < -0.3 is 20.3 Å². The number of hydrogen-bond acceptors (Lipinski definition) is 4. The number of anilines is 1. The zero-order valence-electron chi connectivity index (χ0n) is 23.4. The van der Waals surface area contributed by atoms with Gasteiger partial charge in [-0.15, -0.1) is 0 Å². The minimum absolute atomic E-state index is 0.321. The first kappa shape index (κ1) is 30.2. The summed E-state index contributed by atoms with van der Waals surface area (Å²) in [5.41, 5.74) is 2.48. The van der Waals surface area contributed by atoms with Crippen molar-refractivity contribution >= 4 is 35.2 Å². The van der Waals surface area contributed by atoms with Crippen molar-refractivity contribution in [1.82, 2.24) is 10.2 Å². The van der Waals surface area contributed by atoms with E-state index in [1.54, 1.807) is 31.7 Å². The molecule has 0 saturated carbocycles. The van der Waals surface area contributed by atoms with Crippen LogP contribution in [0.3, 0.4) is 0 Å². The van der Waals surface area contributed by atoms with E-state index in [1.165, 1.54) is 0 Å². The summed E-state index contributed by atoms with van der Waals surface area (Å²) in [5, 5.41) is 5.93. The van der Waals surface area contributed by atoms with Gasteiger partial charge >= 0.3 is 6.09 Å². The van der Waals surface area contributed by atoms with Crippen LogP contribution in [-0.4, -0.2) is 40.5 Å². The third-order valence-electron chi connectivity index (χ3n) is 6.49. The number of amides is 3. The fraction of sp³-hybridized carbons (Fsp3) is 0.483. The van der Waals surface area contributed by atoms with E-state index in [0.29, 0.717) is 22.7 Å². The van der Waals surface area contributed by atoms with Crippen molar-refractivity contribution in [3.63, 3.8) is 0 Å². The Bertz CT molecular complexity index is 1130. The molecule has 2 rings (SSSR count). The molecule has 1 atom stereocenters. The third kappa shape index (κ3) is 7.71. The number of rotatable bonds is 8. The van der Waals surface area contributed by atoms with Gasteiger partial charge in [-0.1, -0.05) is 48.9 Å². The summed E-state index contributed by atoms with van der Waals surface area (Å²) < 4.78 is 5.30. The van der Waals surface area contributed by atoms with Gasteiger partial charge in [-0.05, 0) is 90.1 Å². The van der Waals surface area contributed by atoms with E-state index in [2.05, 4.69) is 10.6 Å². The zero-order chi connectivity index (χ0) is 28.1. The number of ether oxygens (including phenoxy) is 1. The average Bonchev–Trinajstić information content (AvgIpc) is 2.79. The Morgan fingerprint density at radius 2 is 1.57 bits per heavy atom. The van der Waals surface area contributed by atoms with Crippen molar-refractivity contribution in [3.8, 4) is 0 Å². The Morgan fingerprint density at radius 1 is 0.973 bits per heavy atom. The highest BCUT2D eigenvalue weighted by molar-refractivity contribution is 6.34. The van der Waals surface area contributed by atoms with Crippen molar-refractivity contribution in [3.05, 3.63) is 63.7 Å². The number of aryl methyl sites for hydroxylation is 2. The van der Waals surface area contributed by atoms with Gasteiger partial charge in [-0.2, -0.15) is 0 Å². The topological polar surface area (TPSA) is 87.7 Å². The molecule has 7 nitrogen and oxygen atoms in total. The molecule has 0 aliphatic carbocycles. The Labute approximate surface area is 225 Å². The maximum Gasteiger partial charge on any atom is 0.408 e. The van der Waals surface area contributed by atoms with Crippen molar-refractivity contribution < 1.29 is 19.1 Å². The van der Waals surface area contributed by atoms with Gasteiger partial charge in [0, 0.05) is 5.54 Å². The van der Waals surface area contributed by atoms with Gasteiger partial charge in [-0.25, -0.2) is 4.79 Å². The number of nitrogens with one attached hydrogen (secondary N) is 2. The number of carbonyl (C=O) groups excluding carboxylic acids is 3. The molecule has 2 aromatic carbocycles. The highest BCUT2D eigenvalue weighted by Gasteiger charge is 2.41. The number of alkyl carbamates (subject to hydrolysis) is 1. The van der Waals surface area contributed by atoms with Gasteiger partial charge in [0.05, 0.1) is 10.7 Å². The summed E-state index contributed by atoms with van der Waals surface area (Å²) >= 11 is 6.42. The molecule has 1 unspecified atom stereocenters. The Kier molecular flexibility index (Phi) is 9.78. The van der Waals surface area contributed by atoms with Crippen LogP contribution >= 0.6 is 11.6 Å². The van der Waals surface area contributed by atoms with Crippen LogP contribution in [0.2, 0.25) is 5.02 Å². The van der Waals surface area contributed by atoms with Gasteiger partial charge in [0.2, 0.25) is 5.91 Å². The fourth-order valence-corrected chi connectivity index (χ4v) is 4.27. The zero-order valence-corrected chi connectivity index (χ0v) is 24.2. The number of nitrogens with zero attached hydrogens (tertiary/aromatic N) is 1. The van der Waals surface area contributed by atoms with E-state index in [1.807, 2.05) is 71.9 Å². The Morgan fingerprint density at radius 3 is 2.14 bits per heavy atom. The molecule has 0 fully saturated rings. The fourth-order valence-electron chi connectivity index (χ4n) is 4.00. The average molecular weight is 530 g/mol. The second-order valence-electron chi connectivity index (χ2n) is 10.9. The normalized spacial score (nSPS) is 12.5. The third-order valence-corrected chi connectivity index (χ3v) is 6.80. The first-order valence-corrected chi connectivity index (χ1v) is 12.9. The maximum atomic E-state index is 14.0. The van der Waals surface area contributed by atoms with Crippen LogP contribution in [0.1, 0.15) is 76.3 Å². The van der Waals surface area contributed by atoms with Crippen LogP contribution in [0.5, 0.6) is 0 Å². The molecule has 2 N–H and O–H groups in total. The second-order valence-corrected chi connectivity index (χ2v) is 11.3. The van der Waals surface area contributed by atoms with Crippen LogP contribution < -0.4 is 10.6 Å². The van der Waals surface area contributed by atoms with E-state index in [-0.39, 0.29) is 6.54 Å². The van der Waals surface area contributed by atoms with Gasteiger partial charge in [0.25, 0.3) is 5.91 Å². The molecule has 37 heavy (non-hydrogen) atoms. The van der Waals surface area contributed by atoms with Crippen molar-refractivity contribution in [2.45, 2.75) is 85.9 Å². The van der Waals surface area contributed by atoms with Crippen LogP contribution in [0.4, 0.5) is 10.5 Å². The summed E-state index contributed by atoms with van der Waals surface area (Å²) in [4.78, 5) is 41.7. The van der Waals surface area contributed by atoms with Crippen molar-refractivity contribution in [2.24, 2.45) is 0 Å². The first-order valence-electron chi connectivity index (χ1n) is 12.5. The van der Waals surface area contributed by atoms with E-state index >= 15 is 0 Å². The predicted molar refractivity (Wildman–Crippen MR) is 149 cm³/mol. The van der Waals surface area contributed by atoms with Crippen LogP contribution in [0, 0.1) is 20.8 Å². The first-order chi connectivity index (χ1) is 17.1. The minimum Gasteiger partial charge on any atom is -0.444 e. The van der Waals surface area contributed by atoms with Crippen LogP contribution in [-0.2, 0) is 14.3 Å². The maximum absolute atomic E-state index is 14.0. The molecule has 202 valence electrons. The molecule has 0 heterocycles. The molecule has 0 spiro atoms. The lowest BCUT2D eigenvalue weighted by Crippen LogP contribution is -2.55.